The molecule has 9 aromatic carbocycles. The van der Waals surface area contributed by atoms with E-state index in [0.717, 1.165) is 39.0 Å². The van der Waals surface area contributed by atoms with Gasteiger partial charge in [0.2, 0.25) is 0 Å². The lowest BCUT2D eigenvalue weighted by molar-refractivity contribution is 0.660. The molecule has 0 amide bonds. The molecule has 60 heavy (non-hydrogen) atoms. The molecule has 0 aliphatic heterocycles. The first kappa shape index (κ1) is 34.6. The Morgan fingerprint density at radius 1 is 0.400 bits per heavy atom. The largest absolute Gasteiger partial charge is 0.456 e. The molecule has 284 valence electrons. The summed E-state index contributed by atoms with van der Waals surface area (Å²) < 4.78 is 6.50. The maximum Gasteiger partial charge on any atom is 0.137 e. The highest BCUT2D eigenvalue weighted by Gasteiger charge is 2.37. The van der Waals surface area contributed by atoms with Gasteiger partial charge in [0.15, 0.2) is 0 Å². The van der Waals surface area contributed by atoms with E-state index in [2.05, 4.69) is 219 Å². The Morgan fingerprint density at radius 2 is 1.05 bits per heavy atom. The highest BCUT2D eigenvalue weighted by atomic mass is 16.3. The van der Waals surface area contributed by atoms with Crippen LogP contribution in [0.4, 0.5) is 17.1 Å². The Kier molecular flexibility index (Phi) is 7.68. The van der Waals surface area contributed by atoms with Crippen molar-refractivity contribution >= 4 is 39.0 Å². The number of fused-ring (bicyclic) bond motifs is 9. The first-order chi connectivity index (χ1) is 29.5. The molecule has 1 heterocycles. The van der Waals surface area contributed by atoms with Gasteiger partial charge in [-0.15, -0.1) is 0 Å². The van der Waals surface area contributed by atoms with Gasteiger partial charge >= 0.3 is 0 Å². The normalized spacial score (nSPS) is 14.5. The van der Waals surface area contributed by atoms with Crippen LogP contribution in [0.2, 0.25) is 0 Å². The summed E-state index contributed by atoms with van der Waals surface area (Å²) in [4.78, 5) is 2.40. The van der Waals surface area contributed by atoms with E-state index < -0.39 is 0 Å². The lowest BCUT2D eigenvalue weighted by Gasteiger charge is -2.27. The van der Waals surface area contributed by atoms with Crippen molar-refractivity contribution in [3.63, 3.8) is 0 Å². The summed E-state index contributed by atoms with van der Waals surface area (Å²) in [6, 6.07) is 75.6. The molecule has 0 fully saturated rings. The number of furan rings is 1. The standard InChI is InChI=1S/C58H41NO/c1-58(2)52-33-30-42(35-51(52)57-44(21-13-22-53(57)58)38-16-7-4-8-17-38)59(43-29-32-48-47-19-11-12-23-54(47)60-55(48)36-43)41-27-24-39(25-28-41)56-49-20-10-9-18-45(49)46-31-26-40(34-50(46)56)37-14-5-3-6-15-37/h3-36,56H,1-2H3. The molecule has 1 unspecified atom stereocenters. The zero-order chi connectivity index (χ0) is 40.0. The predicted molar refractivity (Wildman–Crippen MR) is 250 cm³/mol. The Morgan fingerprint density at radius 3 is 1.88 bits per heavy atom. The number of anilines is 3. The van der Waals surface area contributed by atoms with E-state index in [1.807, 2.05) is 6.07 Å². The molecule has 2 aliphatic carbocycles. The highest BCUT2D eigenvalue weighted by molar-refractivity contribution is 6.06. The van der Waals surface area contributed by atoms with Gasteiger partial charge in [0.05, 0.1) is 0 Å². The minimum atomic E-state index is -0.137. The molecule has 2 heteroatoms. The van der Waals surface area contributed by atoms with Gasteiger partial charge in [-0.2, -0.15) is 0 Å². The molecule has 0 bridgehead atoms. The second-order valence-corrected chi connectivity index (χ2v) is 16.8. The lowest BCUT2D eigenvalue weighted by atomic mass is 9.82. The zero-order valence-corrected chi connectivity index (χ0v) is 33.6. The molecule has 0 N–H and O–H groups in total. The van der Waals surface area contributed by atoms with E-state index in [-0.39, 0.29) is 11.3 Å². The van der Waals surface area contributed by atoms with Crippen molar-refractivity contribution in [3.8, 4) is 44.5 Å². The maximum absolute atomic E-state index is 6.50. The minimum absolute atomic E-state index is 0.129. The Hall–Kier alpha value is -7.42. The summed E-state index contributed by atoms with van der Waals surface area (Å²) in [6.07, 6.45) is 0. The minimum Gasteiger partial charge on any atom is -0.456 e. The van der Waals surface area contributed by atoms with E-state index >= 15 is 0 Å². The van der Waals surface area contributed by atoms with Crippen molar-refractivity contribution in [2.24, 2.45) is 0 Å². The number of rotatable bonds is 6. The Bertz CT molecular complexity index is 3280. The molecular weight excluding hydrogens is 727 g/mol. The van der Waals surface area contributed by atoms with Gasteiger partial charge in [-0.1, -0.05) is 166 Å². The second-order valence-electron chi connectivity index (χ2n) is 16.8. The fraction of sp³-hybridized carbons (Fsp3) is 0.0690. The molecule has 1 atom stereocenters. The van der Waals surface area contributed by atoms with Gasteiger partial charge < -0.3 is 9.32 Å². The van der Waals surface area contributed by atoms with Gasteiger partial charge in [0.1, 0.15) is 11.2 Å². The third-order valence-corrected chi connectivity index (χ3v) is 13.2. The summed E-state index contributed by atoms with van der Waals surface area (Å²) in [6.45, 7) is 4.72. The van der Waals surface area contributed by atoms with Crippen molar-refractivity contribution in [2.75, 3.05) is 4.90 Å². The molecule has 10 aromatic rings. The van der Waals surface area contributed by atoms with E-state index in [9.17, 15) is 0 Å². The van der Waals surface area contributed by atoms with Crippen molar-refractivity contribution < 1.29 is 4.42 Å². The third-order valence-electron chi connectivity index (χ3n) is 13.2. The second kappa shape index (κ2) is 13.3. The number of hydrogen-bond donors (Lipinski definition) is 0. The van der Waals surface area contributed by atoms with Gasteiger partial charge in [-0.05, 0) is 121 Å². The molecule has 0 saturated heterocycles. The molecule has 0 spiro atoms. The summed E-state index contributed by atoms with van der Waals surface area (Å²) in [5.41, 5.74) is 21.8. The Balaban J connectivity index is 1.02. The molecule has 0 radical (unpaired) electrons. The van der Waals surface area contributed by atoms with E-state index in [0.29, 0.717) is 0 Å². The van der Waals surface area contributed by atoms with Gasteiger partial charge in [-0.25, -0.2) is 0 Å². The van der Waals surface area contributed by atoms with Crippen molar-refractivity contribution in [2.45, 2.75) is 25.2 Å². The molecule has 0 saturated carbocycles. The van der Waals surface area contributed by atoms with Crippen LogP contribution in [-0.4, -0.2) is 0 Å². The zero-order valence-electron chi connectivity index (χ0n) is 33.6. The first-order valence-corrected chi connectivity index (χ1v) is 21.0. The van der Waals surface area contributed by atoms with Crippen molar-refractivity contribution in [1.29, 1.82) is 0 Å². The van der Waals surface area contributed by atoms with Gasteiger partial charge in [0, 0.05) is 45.2 Å². The van der Waals surface area contributed by atoms with Crippen LogP contribution >= 0.6 is 0 Å². The van der Waals surface area contributed by atoms with Crippen molar-refractivity contribution in [3.05, 3.63) is 234 Å². The quantitative estimate of drug-likeness (QED) is 0.168. The molecule has 2 nitrogen and oxygen atoms in total. The van der Waals surface area contributed by atoms with E-state index in [1.54, 1.807) is 0 Å². The number of hydrogen-bond acceptors (Lipinski definition) is 2. The summed E-state index contributed by atoms with van der Waals surface area (Å²) in [5.74, 6) is 0.129. The summed E-state index contributed by atoms with van der Waals surface area (Å²) >= 11 is 0. The third kappa shape index (κ3) is 5.27. The highest BCUT2D eigenvalue weighted by Crippen LogP contribution is 2.54. The van der Waals surface area contributed by atoms with Crippen LogP contribution in [0.25, 0.3) is 66.4 Å². The molecule has 1 aromatic heterocycles. The van der Waals surface area contributed by atoms with E-state index in [4.69, 9.17) is 4.42 Å². The van der Waals surface area contributed by atoms with Crippen molar-refractivity contribution in [1.82, 2.24) is 0 Å². The van der Waals surface area contributed by atoms with Crippen LogP contribution in [0.5, 0.6) is 0 Å². The molecule has 12 rings (SSSR count). The fourth-order valence-electron chi connectivity index (χ4n) is 10.3. The average molecular weight is 768 g/mol. The van der Waals surface area contributed by atoms with Crippen LogP contribution in [0.1, 0.15) is 47.6 Å². The predicted octanol–water partition coefficient (Wildman–Crippen LogP) is 15.9. The molecule has 2 aliphatic rings. The topological polar surface area (TPSA) is 16.4 Å². The van der Waals surface area contributed by atoms with Gasteiger partial charge in [0.25, 0.3) is 0 Å². The lowest BCUT2D eigenvalue weighted by Crippen LogP contribution is -2.15. The SMILES string of the molecule is CC1(C)c2ccc(N(c3ccc(C4c5ccccc5-c5ccc(-c6ccccc6)cc54)cc3)c3ccc4c(c3)oc3ccccc34)cc2-c2c(-c3ccccc3)cccc21. The Labute approximate surface area is 350 Å². The monoisotopic (exact) mass is 767 g/mol. The van der Waals surface area contributed by atoms with E-state index in [1.165, 1.54) is 72.3 Å². The van der Waals surface area contributed by atoms with Crippen LogP contribution in [0.3, 0.4) is 0 Å². The summed E-state index contributed by atoms with van der Waals surface area (Å²) in [5, 5.41) is 2.25. The van der Waals surface area contributed by atoms with Crippen LogP contribution in [-0.2, 0) is 5.41 Å². The smallest absolute Gasteiger partial charge is 0.137 e. The maximum atomic E-state index is 6.50. The number of nitrogens with zero attached hydrogens (tertiary/aromatic N) is 1. The first-order valence-electron chi connectivity index (χ1n) is 21.0. The molecular formula is C58H41NO. The van der Waals surface area contributed by atoms with Gasteiger partial charge in [-0.3, -0.25) is 0 Å². The van der Waals surface area contributed by atoms with Crippen LogP contribution in [0, 0.1) is 0 Å². The number of benzene rings is 9. The van der Waals surface area contributed by atoms with Crippen LogP contribution < -0.4 is 4.90 Å². The fourth-order valence-corrected chi connectivity index (χ4v) is 10.3. The number of para-hydroxylation sites is 1. The average Bonchev–Trinajstić information content (AvgIpc) is 3.92. The van der Waals surface area contributed by atoms with Crippen LogP contribution in [0.15, 0.2) is 211 Å². The summed E-state index contributed by atoms with van der Waals surface area (Å²) in [7, 11) is 0.